The Labute approximate surface area is 197 Å². The predicted molar refractivity (Wildman–Crippen MR) is 123 cm³/mol. The van der Waals surface area contributed by atoms with E-state index in [9.17, 15) is 17.6 Å². The Balaban J connectivity index is 1.55. The lowest BCUT2D eigenvalue weighted by molar-refractivity contribution is 0.0671. The van der Waals surface area contributed by atoms with Gasteiger partial charge in [-0.2, -0.15) is 8.42 Å². The molecule has 1 amide bonds. The fourth-order valence-corrected chi connectivity index (χ4v) is 4.43. The van der Waals surface area contributed by atoms with Crippen molar-refractivity contribution in [2.45, 2.75) is 37.8 Å². The van der Waals surface area contributed by atoms with Gasteiger partial charge in [-0.1, -0.05) is 19.1 Å². The highest BCUT2D eigenvalue weighted by Crippen LogP contribution is 2.33. The van der Waals surface area contributed by atoms with Crippen molar-refractivity contribution < 1.29 is 31.3 Å². The first-order chi connectivity index (χ1) is 16.3. The molecule has 0 saturated heterocycles. The van der Waals surface area contributed by atoms with Crippen LogP contribution in [0.25, 0.3) is 0 Å². The molecule has 9 heteroatoms. The third-order valence-corrected chi connectivity index (χ3v) is 6.82. The first-order valence-corrected chi connectivity index (χ1v) is 12.2. The molecule has 1 unspecified atom stereocenters. The van der Waals surface area contributed by atoms with E-state index in [-0.39, 0.29) is 35.9 Å². The molecule has 4 rings (SSSR count). The summed E-state index contributed by atoms with van der Waals surface area (Å²) in [4.78, 5) is 14.9. The summed E-state index contributed by atoms with van der Waals surface area (Å²) < 4.78 is 54.2. The summed E-state index contributed by atoms with van der Waals surface area (Å²) in [6, 6.07) is 15.9. The average Bonchev–Trinajstić information content (AvgIpc) is 3.30. The van der Waals surface area contributed by atoms with Crippen molar-refractivity contribution >= 4 is 16.0 Å². The van der Waals surface area contributed by atoms with E-state index in [4.69, 9.17) is 13.7 Å². The van der Waals surface area contributed by atoms with Crippen LogP contribution >= 0.6 is 0 Å². The maximum Gasteiger partial charge on any atom is 0.339 e. The number of amides is 1. The lowest BCUT2D eigenvalue weighted by Crippen LogP contribution is -2.37. The molecular formula is C25H24FNO6S. The van der Waals surface area contributed by atoms with Crippen LogP contribution in [0.4, 0.5) is 4.39 Å². The van der Waals surface area contributed by atoms with Gasteiger partial charge in [-0.3, -0.25) is 4.79 Å². The Morgan fingerprint density at radius 3 is 2.53 bits per heavy atom. The van der Waals surface area contributed by atoms with Crippen molar-refractivity contribution in [3.05, 3.63) is 83.7 Å². The molecule has 0 aromatic heterocycles. The molecule has 0 bridgehead atoms. The van der Waals surface area contributed by atoms with E-state index in [1.807, 2.05) is 13.8 Å². The van der Waals surface area contributed by atoms with E-state index in [1.54, 1.807) is 41.3 Å². The van der Waals surface area contributed by atoms with Crippen LogP contribution in [-0.2, 0) is 16.7 Å². The minimum Gasteiger partial charge on any atom is -0.454 e. The normalized spacial score (nSPS) is 13.4. The smallest absolute Gasteiger partial charge is 0.339 e. The molecule has 7 nitrogen and oxygen atoms in total. The van der Waals surface area contributed by atoms with Crippen molar-refractivity contribution in [2.24, 2.45) is 0 Å². The number of fused-ring (bicyclic) bond motifs is 1. The molecule has 178 valence electrons. The zero-order chi connectivity index (χ0) is 24.3. The molecule has 0 spiro atoms. The fourth-order valence-electron chi connectivity index (χ4n) is 3.51. The lowest BCUT2D eigenvalue weighted by Gasteiger charge is -2.29. The summed E-state index contributed by atoms with van der Waals surface area (Å²) in [6.45, 7) is 4.30. The van der Waals surface area contributed by atoms with E-state index in [0.29, 0.717) is 22.6 Å². The number of benzene rings is 3. The average molecular weight is 486 g/mol. The highest BCUT2D eigenvalue weighted by molar-refractivity contribution is 7.87. The second-order valence-electron chi connectivity index (χ2n) is 7.90. The van der Waals surface area contributed by atoms with Crippen LogP contribution in [0, 0.1) is 5.82 Å². The molecule has 0 radical (unpaired) electrons. The van der Waals surface area contributed by atoms with E-state index in [2.05, 4.69) is 0 Å². The van der Waals surface area contributed by atoms with Gasteiger partial charge < -0.3 is 18.6 Å². The number of nitrogens with zero attached hydrogens (tertiary/aromatic N) is 1. The molecule has 0 aliphatic carbocycles. The summed E-state index contributed by atoms with van der Waals surface area (Å²) in [7, 11) is -4.13. The Kier molecular flexibility index (Phi) is 6.74. The van der Waals surface area contributed by atoms with E-state index in [0.717, 1.165) is 30.7 Å². The fraction of sp³-hybridized carbons (Fsp3) is 0.240. The number of hydrogen-bond acceptors (Lipinski definition) is 6. The zero-order valence-electron chi connectivity index (χ0n) is 18.7. The first-order valence-electron chi connectivity index (χ1n) is 10.8. The minimum absolute atomic E-state index is 0.0783. The third-order valence-electron chi connectivity index (χ3n) is 5.56. The van der Waals surface area contributed by atoms with Gasteiger partial charge in [0.2, 0.25) is 6.79 Å². The Morgan fingerprint density at radius 1 is 1.06 bits per heavy atom. The molecule has 34 heavy (non-hydrogen) atoms. The van der Waals surface area contributed by atoms with Crippen LogP contribution in [0.1, 0.15) is 36.2 Å². The summed E-state index contributed by atoms with van der Waals surface area (Å²) in [5.41, 5.74) is 1.16. The van der Waals surface area contributed by atoms with Gasteiger partial charge in [-0.15, -0.1) is 0 Å². The molecule has 3 aromatic rings. The Hall–Kier alpha value is -3.59. The zero-order valence-corrected chi connectivity index (χ0v) is 19.5. The highest BCUT2D eigenvalue weighted by Gasteiger charge is 2.24. The van der Waals surface area contributed by atoms with E-state index in [1.165, 1.54) is 6.07 Å². The van der Waals surface area contributed by atoms with Crippen LogP contribution in [0.5, 0.6) is 17.2 Å². The van der Waals surface area contributed by atoms with Crippen LogP contribution in [0.2, 0.25) is 0 Å². The molecule has 1 aliphatic rings. The minimum atomic E-state index is -4.13. The van der Waals surface area contributed by atoms with Gasteiger partial charge in [0.25, 0.3) is 5.91 Å². The maximum atomic E-state index is 13.3. The summed E-state index contributed by atoms with van der Waals surface area (Å²) in [6.07, 6.45) is 0.728. The van der Waals surface area contributed by atoms with Crippen molar-refractivity contribution in [1.82, 2.24) is 4.90 Å². The molecule has 0 N–H and O–H groups in total. The number of carbonyl (C=O) groups excluding carboxylic acids is 1. The van der Waals surface area contributed by atoms with Gasteiger partial charge in [0.15, 0.2) is 11.5 Å². The number of halogens is 1. The van der Waals surface area contributed by atoms with Crippen LogP contribution in [0.15, 0.2) is 71.6 Å². The van der Waals surface area contributed by atoms with Crippen molar-refractivity contribution in [3.8, 4) is 17.2 Å². The van der Waals surface area contributed by atoms with Gasteiger partial charge in [-0.25, -0.2) is 4.39 Å². The van der Waals surface area contributed by atoms with Crippen molar-refractivity contribution in [3.63, 3.8) is 0 Å². The highest BCUT2D eigenvalue weighted by atomic mass is 32.2. The SMILES string of the molecule is CCC(C)N(Cc1cccc(OS(=O)(=O)c2ccc(F)cc2)c1)C(=O)c1ccc2c(c1)OCO2. The molecule has 0 saturated carbocycles. The number of ether oxygens (including phenoxy) is 2. The van der Waals surface area contributed by atoms with E-state index >= 15 is 0 Å². The Morgan fingerprint density at radius 2 is 1.79 bits per heavy atom. The quantitative estimate of drug-likeness (QED) is 0.428. The molecule has 0 fully saturated rings. The topological polar surface area (TPSA) is 82.1 Å². The van der Waals surface area contributed by atoms with Crippen LogP contribution < -0.4 is 13.7 Å². The standard InChI is InChI=1S/C25H24FNO6S/c1-3-17(2)27(25(28)19-7-12-23-24(14-19)32-16-31-23)15-18-5-4-6-21(13-18)33-34(29,30)22-10-8-20(26)9-11-22/h4-14,17H,3,15-16H2,1-2H3. The van der Waals surface area contributed by atoms with Gasteiger partial charge >= 0.3 is 10.1 Å². The molecule has 1 atom stereocenters. The molecular weight excluding hydrogens is 461 g/mol. The number of rotatable bonds is 8. The van der Waals surface area contributed by atoms with Crippen molar-refractivity contribution in [1.29, 1.82) is 0 Å². The van der Waals surface area contributed by atoms with Crippen LogP contribution in [-0.4, -0.2) is 32.1 Å². The summed E-state index contributed by atoms with van der Waals surface area (Å²) in [5, 5.41) is 0. The van der Waals surface area contributed by atoms with Gasteiger partial charge in [0.05, 0.1) is 0 Å². The van der Waals surface area contributed by atoms with Crippen molar-refractivity contribution in [2.75, 3.05) is 6.79 Å². The largest absolute Gasteiger partial charge is 0.454 e. The second-order valence-corrected chi connectivity index (χ2v) is 9.44. The van der Waals surface area contributed by atoms with Crippen LogP contribution in [0.3, 0.4) is 0 Å². The number of hydrogen-bond donors (Lipinski definition) is 0. The lowest BCUT2D eigenvalue weighted by atomic mass is 10.1. The maximum absolute atomic E-state index is 13.3. The molecule has 1 aliphatic heterocycles. The summed E-state index contributed by atoms with van der Waals surface area (Å²) >= 11 is 0. The van der Waals surface area contributed by atoms with Gasteiger partial charge in [-0.05, 0) is 73.5 Å². The van der Waals surface area contributed by atoms with Gasteiger partial charge in [0.1, 0.15) is 16.5 Å². The number of carbonyl (C=O) groups is 1. The predicted octanol–water partition coefficient (Wildman–Crippen LogP) is 4.76. The second kappa shape index (κ2) is 9.72. The Bertz CT molecular complexity index is 1290. The molecule has 3 aromatic carbocycles. The third kappa shape index (κ3) is 5.14. The monoisotopic (exact) mass is 485 g/mol. The van der Waals surface area contributed by atoms with Gasteiger partial charge in [0, 0.05) is 18.2 Å². The van der Waals surface area contributed by atoms with E-state index < -0.39 is 15.9 Å². The first kappa shape index (κ1) is 23.6. The molecule has 1 heterocycles. The summed E-state index contributed by atoms with van der Waals surface area (Å²) in [5.74, 6) is 0.493.